The Balaban J connectivity index is 1.51. The zero-order chi connectivity index (χ0) is 24.1. The van der Waals surface area contributed by atoms with Gasteiger partial charge in [0.25, 0.3) is 0 Å². The van der Waals surface area contributed by atoms with Crippen molar-refractivity contribution in [2.24, 2.45) is 7.05 Å². The molecule has 0 radical (unpaired) electrons. The van der Waals surface area contributed by atoms with Gasteiger partial charge in [0.05, 0.1) is 32.8 Å². The molecule has 3 aromatic carbocycles. The smallest absolute Gasteiger partial charge is 0.246 e. The normalized spacial score (nSPS) is 17.2. The number of hydrogen-bond acceptors (Lipinski definition) is 3. The third-order valence-corrected chi connectivity index (χ3v) is 7.32. The number of quaternary nitrogens is 1. The average Bonchev–Trinajstić information content (AvgIpc) is 2.91. The molecule has 4 aromatic rings. The highest BCUT2D eigenvalue weighted by atomic mass is 16.5. The van der Waals surface area contributed by atoms with E-state index in [0.29, 0.717) is 26.3 Å². The molecule has 1 N–H and O–H groups in total. The van der Waals surface area contributed by atoms with Crippen LogP contribution in [0.4, 0.5) is 11.4 Å². The third-order valence-electron chi connectivity index (χ3n) is 7.32. The van der Waals surface area contributed by atoms with Crippen molar-refractivity contribution in [3.8, 4) is 17.0 Å². The van der Waals surface area contributed by atoms with Crippen LogP contribution in [-0.2, 0) is 16.6 Å². The highest BCUT2D eigenvalue weighted by molar-refractivity contribution is 6.14. The summed E-state index contributed by atoms with van der Waals surface area (Å²) in [7, 11) is 6.04. The van der Waals surface area contributed by atoms with Crippen molar-refractivity contribution in [2.45, 2.75) is 0 Å². The first-order chi connectivity index (χ1) is 17.1. The molecule has 2 aliphatic heterocycles. The number of aryl methyl sites for hydroxylation is 1. The number of carbonyl (C=O) groups is 1. The van der Waals surface area contributed by atoms with Crippen molar-refractivity contribution < 1.29 is 23.7 Å². The molecule has 6 nitrogen and oxygen atoms in total. The number of carbonyl (C=O) groups excluding carboxylic acids is 1. The lowest BCUT2D eigenvalue weighted by molar-refractivity contribution is -0.734. The summed E-state index contributed by atoms with van der Waals surface area (Å²) in [6, 6.07) is 19.3. The molecule has 0 bridgehead atoms. The summed E-state index contributed by atoms with van der Waals surface area (Å²) in [4.78, 5) is 15.7. The van der Waals surface area contributed by atoms with Gasteiger partial charge in [-0.15, -0.1) is 0 Å². The highest BCUT2D eigenvalue weighted by Gasteiger charge is 2.35. The van der Waals surface area contributed by atoms with Gasteiger partial charge in [0, 0.05) is 42.8 Å². The van der Waals surface area contributed by atoms with Crippen molar-refractivity contribution in [1.29, 1.82) is 0 Å². The number of morpholine rings is 1. The number of nitrogens with one attached hydrogen (secondary N) is 1. The van der Waals surface area contributed by atoms with E-state index >= 15 is 0 Å². The second kappa shape index (κ2) is 8.48. The van der Waals surface area contributed by atoms with Crippen LogP contribution >= 0.6 is 0 Å². The standard InChI is InChI=1S/C29H28N3O3/c1-30-25-16-19(9-11-27(33)32-12-14-35-15-13-32)8-10-22(25)29-28-23(17-20(34-3)18-26(28)30)21-6-4-5-7-24(21)31(29)2/h4-11,16-18H,12-15H2,1-3H3/q+1/p+1. The zero-order valence-electron chi connectivity index (χ0n) is 20.3. The molecule has 35 heavy (non-hydrogen) atoms. The molecule has 1 unspecified atom stereocenters. The van der Waals surface area contributed by atoms with Crippen molar-refractivity contribution in [1.82, 2.24) is 4.90 Å². The van der Waals surface area contributed by atoms with Crippen LogP contribution in [0, 0.1) is 0 Å². The van der Waals surface area contributed by atoms with Gasteiger partial charge in [0.1, 0.15) is 23.7 Å². The first-order valence-corrected chi connectivity index (χ1v) is 12.0. The van der Waals surface area contributed by atoms with Crippen LogP contribution in [0.15, 0.2) is 60.7 Å². The Bertz CT molecular complexity index is 1520. The Hall–Kier alpha value is -3.74. The summed E-state index contributed by atoms with van der Waals surface area (Å²) < 4.78 is 13.4. The van der Waals surface area contributed by atoms with Gasteiger partial charge in [-0.25, -0.2) is 0 Å². The molecule has 3 heterocycles. The number of fused-ring (bicyclic) bond motifs is 4. The number of para-hydroxylation sites is 1. The maximum absolute atomic E-state index is 12.6. The molecule has 0 spiro atoms. The molecule has 0 saturated carbocycles. The molecular formula is C29H29N3O3+2. The second-order valence-corrected chi connectivity index (χ2v) is 9.22. The first-order valence-electron chi connectivity index (χ1n) is 12.0. The topological polar surface area (TPSA) is 47.1 Å². The lowest BCUT2D eigenvalue weighted by atomic mass is 9.92. The van der Waals surface area contributed by atoms with E-state index in [1.807, 2.05) is 11.0 Å². The van der Waals surface area contributed by atoms with Crippen molar-refractivity contribution >= 4 is 45.0 Å². The third kappa shape index (κ3) is 3.49. The van der Waals surface area contributed by atoms with E-state index in [2.05, 4.69) is 73.3 Å². The number of hydrogen-bond donors (Lipinski definition) is 1. The molecule has 1 fully saturated rings. The number of methoxy groups -OCH3 is 1. The fourth-order valence-electron chi connectivity index (χ4n) is 5.48. The number of amides is 1. The van der Waals surface area contributed by atoms with Crippen molar-refractivity contribution in [3.05, 3.63) is 66.2 Å². The number of nitrogens with zero attached hydrogens (tertiary/aromatic N) is 2. The summed E-state index contributed by atoms with van der Waals surface area (Å²) in [5.41, 5.74) is 6.97. The summed E-state index contributed by atoms with van der Waals surface area (Å²) >= 11 is 0. The number of ether oxygens (including phenoxy) is 2. The van der Waals surface area contributed by atoms with Crippen LogP contribution in [0.5, 0.6) is 5.75 Å². The van der Waals surface area contributed by atoms with Crippen LogP contribution in [0.2, 0.25) is 0 Å². The quantitative estimate of drug-likeness (QED) is 0.286. The Labute approximate surface area is 204 Å². The zero-order valence-corrected chi connectivity index (χ0v) is 20.3. The van der Waals surface area contributed by atoms with E-state index in [1.165, 1.54) is 49.2 Å². The molecule has 6 rings (SSSR count). The predicted molar refractivity (Wildman–Crippen MR) is 137 cm³/mol. The molecule has 0 aliphatic carbocycles. The summed E-state index contributed by atoms with van der Waals surface area (Å²) in [5.74, 6) is 0.886. The predicted octanol–water partition coefficient (Wildman–Crippen LogP) is 3.16. The van der Waals surface area contributed by atoms with E-state index in [-0.39, 0.29) is 5.91 Å². The Morgan fingerprint density at radius 2 is 1.86 bits per heavy atom. The summed E-state index contributed by atoms with van der Waals surface area (Å²) in [5, 5.41) is 3.67. The number of aromatic nitrogens is 1. The molecule has 1 aromatic heterocycles. The molecule has 1 atom stereocenters. The van der Waals surface area contributed by atoms with Crippen LogP contribution < -0.4 is 14.2 Å². The van der Waals surface area contributed by atoms with E-state index in [9.17, 15) is 4.79 Å². The SMILES string of the molecule is COc1cc2c3c([n+](C)c4ccccc4c3c1)-c1ccc(C=CC(=O)N3CCOCC3)cc1[NH+]2C. The van der Waals surface area contributed by atoms with Gasteiger partial charge in [-0.2, -0.15) is 4.57 Å². The van der Waals surface area contributed by atoms with Gasteiger partial charge in [0.2, 0.25) is 17.1 Å². The molecule has 1 saturated heterocycles. The van der Waals surface area contributed by atoms with Crippen LogP contribution in [0.3, 0.4) is 0 Å². The summed E-state index contributed by atoms with van der Waals surface area (Å²) in [6.07, 6.45) is 3.60. The fourth-order valence-corrected chi connectivity index (χ4v) is 5.48. The van der Waals surface area contributed by atoms with Crippen LogP contribution in [0.25, 0.3) is 39.0 Å². The second-order valence-electron chi connectivity index (χ2n) is 9.22. The van der Waals surface area contributed by atoms with E-state index < -0.39 is 0 Å². The van der Waals surface area contributed by atoms with Crippen LogP contribution in [-0.4, -0.2) is 51.3 Å². The first kappa shape index (κ1) is 21.8. The highest BCUT2D eigenvalue weighted by Crippen LogP contribution is 2.42. The van der Waals surface area contributed by atoms with E-state index in [4.69, 9.17) is 9.47 Å². The fraction of sp³-hybridized carbons (Fsp3) is 0.241. The van der Waals surface area contributed by atoms with Crippen LogP contribution in [0.1, 0.15) is 5.56 Å². The molecule has 1 amide bonds. The summed E-state index contributed by atoms with van der Waals surface area (Å²) in [6.45, 7) is 2.50. The van der Waals surface area contributed by atoms with Gasteiger partial charge in [0.15, 0.2) is 11.4 Å². The van der Waals surface area contributed by atoms with Crippen molar-refractivity contribution in [3.63, 3.8) is 0 Å². The molecular weight excluding hydrogens is 438 g/mol. The lowest BCUT2D eigenvalue weighted by Crippen LogP contribution is -2.99. The Kier molecular flexibility index (Phi) is 5.28. The Morgan fingerprint density at radius 3 is 2.66 bits per heavy atom. The molecule has 2 aliphatic rings. The van der Waals surface area contributed by atoms with Gasteiger partial charge in [-0.3, -0.25) is 9.69 Å². The maximum Gasteiger partial charge on any atom is 0.246 e. The number of benzene rings is 3. The largest absolute Gasteiger partial charge is 0.497 e. The number of pyridine rings is 1. The molecule has 6 heteroatoms. The van der Waals surface area contributed by atoms with Gasteiger partial charge >= 0.3 is 0 Å². The molecule has 176 valence electrons. The lowest BCUT2D eigenvalue weighted by Gasteiger charge is -2.25. The van der Waals surface area contributed by atoms with Gasteiger partial charge in [-0.05, 0) is 29.8 Å². The van der Waals surface area contributed by atoms with Crippen molar-refractivity contribution in [2.75, 3.05) is 40.5 Å². The Morgan fingerprint density at radius 1 is 1.06 bits per heavy atom. The maximum atomic E-state index is 12.6. The van der Waals surface area contributed by atoms with Gasteiger partial charge in [-0.1, -0.05) is 18.2 Å². The van der Waals surface area contributed by atoms with Gasteiger partial charge < -0.3 is 14.4 Å². The van der Waals surface area contributed by atoms with E-state index in [0.717, 1.165) is 11.3 Å². The minimum atomic E-state index is 0.0319. The average molecular weight is 468 g/mol. The minimum Gasteiger partial charge on any atom is -0.497 e. The number of rotatable bonds is 3. The van der Waals surface area contributed by atoms with E-state index in [1.54, 1.807) is 13.2 Å². The minimum absolute atomic E-state index is 0.0319. The monoisotopic (exact) mass is 467 g/mol.